The molecule has 1 fully saturated rings. The number of hydrogen-bond acceptors (Lipinski definition) is 3. The highest BCUT2D eigenvalue weighted by Gasteiger charge is 2.22. The number of nitrogen functional groups attached to an aromatic ring is 1. The van der Waals surface area contributed by atoms with E-state index in [0.29, 0.717) is 11.9 Å². The van der Waals surface area contributed by atoms with Crippen molar-refractivity contribution in [3.05, 3.63) is 11.4 Å². The van der Waals surface area contributed by atoms with Gasteiger partial charge in [0.2, 0.25) is 0 Å². The second-order valence-corrected chi connectivity index (χ2v) is 4.23. The van der Waals surface area contributed by atoms with Gasteiger partial charge in [0.15, 0.2) is 5.95 Å². The van der Waals surface area contributed by atoms with E-state index in [1.807, 2.05) is 6.92 Å². The molecule has 14 heavy (non-hydrogen) atoms. The summed E-state index contributed by atoms with van der Waals surface area (Å²) in [6, 6.07) is 0. The van der Waals surface area contributed by atoms with Crippen molar-refractivity contribution < 1.29 is 0 Å². The molecule has 0 bridgehead atoms. The molecule has 0 amide bonds. The first-order valence-electron chi connectivity index (χ1n) is 5.17. The molecule has 2 rings (SSSR count). The van der Waals surface area contributed by atoms with Gasteiger partial charge < -0.3 is 15.6 Å². The minimum Gasteiger partial charge on any atom is -0.369 e. The number of aromatic amines is 1. The van der Waals surface area contributed by atoms with Crippen LogP contribution in [0.15, 0.2) is 0 Å². The zero-order valence-corrected chi connectivity index (χ0v) is 8.88. The Morgan fingerprint density at radius 3 is 2.93 bits per heavy atom. The highest BCUT2D eigenvalue weighted by Crippen LogP contribution is 2.27. The van der Waals surface area contributed by atoms with Crippen LogP contribution >= 0.6 is 0 Å². The number of aryl methyl sites for hydroxylation is 1. The summed E-state index contributed by atoms with van der Waals surface area (Å²) in [5, 5.41) is 0. The maximum atomic E-state index is 5.64. The van der Waals surface area contributed by atoms with Crippen LogP contribution < -0.4 is 5.73 Å². The van der Waals surface area contributed by atoms with Crippen LogP contribution in [0.3, 0.4) is 0 Å². The van der Waals surface area contributed by atoms with Crippen molar-refractivity contribution in [1.82, 2.24) is 14.9 Å². The van der Waals surface area contributed by atoms with Crippen LogP contribution in [0.5, 0.6) is 0 Å². The van der Waals surface area contributed by atoms with Crippen LogP contribution in [-0.4, -0.2) is 35.0 Å². The lowest BCUT2D eigenvalue weighted by Gasteiger charge is -2.28. The number of likely N-dealkylation sites (tertiary alicyclic amines) is 1. The SMILES string of the molecule is Cc1[nH]c(N)nc1C1CCCN(C)C1. The molecule has 1 atom stereocenters. The molecule has 4 nitrogen and oxygen atoms in total. The lowest BCUT2D eigenvalue weighted by Crippen LogP contribution is -2.31. The fraction of sp³-hybridized carbons (Fsp3) is 0.700. The Morgan fingerprint density at radius 2 is 2.36 bits per heavy atom. The van der Waals surface area contributed by atoms with Gasteiger partial charge in [-0.05, 0) is 33.4 Å². The Labute approximate surface area is 84.5 Å². The molecule has 0 aromatic carbocycles. The molecule has 0 saturated carbocycles. The van der Waals surface area contributed by atoms with Crippen molar-refractivity contribution >= 4 is 5.95 Å². The Morgan fingerprint density at radius 1 is 1.57 bits per heavy atom. The van der Waals surface area contributed by atoms with Gasteiger partial charge in [-0.2, -0.15) is 0 Å². The van der Waals surface area contributed by atoms with Gasteiger partial charge in [0, 0.05) is 18.2 Å². The van der Waals surface area contributed by atoms with Gasteiger partial charge >= 0.3 is 0 Å². The molecule has 3 N–H and O–H groups in total. The number of piperidine rings is 1. The number of anilines is 1. The highest BCUT2D eigenvalue weighted by atomic mass is 15.1. The van der Waals surface area contributed by atoms with Crippen molar-refractivity contribution in [3.63, 3.8) is 0 Å². The summed E-state index contributed by atoms with van der Waals surface area (Å²) < 4.78 is 0. The fourth-order valence-electron chi connectivity index (χ4n) is 2.28. The normalized spacial score (nSPS) is 24.0. The lowest BCUT2D eigenvalue weighted by molar-refractivity contribution is 0.248. The number of aromatic nitrogens is 2. The van der Waals surface area contributed by atoms with E-state index in [1.54, 1.807) is 0 Å². The summed E-state index contributed by atoms with van der Waals surface area (Å²) in [5.41, 5.74) is 7.93. The number of imidazole rings is 1. The third-order valence-electron chi connectivity index (χ3n) is 2.95. The summed E-state index contributed by atoms with van der Waals surface area (Å²) in [4.78, 5) is 9.79. The molecule has 1 aliphatic heterocycles. The molecule has 1 saturated heterocycles. The van der Waals surface area contributed by atoms with E-state index in [9.17, 15) is 0 Å². The van der Waals surface area contributed by atoms with Crippen LogP contribution in [0.4, 0.5) is 5.95 Å². The molecule has 4 heteroatoms. The average Bonchev–Trinajstić information content (AvgIpc) is 2.45. The van der Waals surface area contributed by atoms with E-state index in [2.05, 4.69) is 21.9 Å². The van der Waals surface area contributed by atoms with Crippen molar-refractivity contribution in [3.8, 4) is 0 Å². The maximum absolute atomic E-state index is 5.64. The zero-order chi connectivity index (χ0) is 10.1. The fourth-order valence-corrected chi connectivity index (χ4v) is 2.28. The third kappa shape index (κ3) is 1.75. The Bertz CT molecular complexity index is 318. The Balaban J connectivity index is 2.17. The smallest absolute Gasteiger partial charge is 0.197 e. The van der Waals surface area contributed by atoms with Crippen LogP contribution in [-0.2, 0) is 0 Å². The Kier molecular flexibility index (Phi) is 2.46. The average molecular weight is 194 g/mol. The Hall–Kier alpha value is -1.03. The topological polar surface area (TPSA) is 57.9 Å². The molecule has 78 valence electrons. The summed E-state index contributed by atoms with van der Waals surface area (Å²) in [6.45, 7) is 4.36. The number of H-pyrrole nitrogens is 1. The summed E-state index contributed by atoms with van der Waals surface area (Å²) in [6.07, 6.45) is 2.49. The number of hydrogen-bond donors (Lipinski definition) is 2. The minimum atomic E-state index is 0.547. The molecule has 1 aromatic heterocycles. The van der Waals surface area contributed by atoms with Crippen LogP contribution in [0.2, 0.25) is 0 Å². The number of likely N-dealkylation sites (N-methyl/N-ethyl adjacent to an activating group) is 1. The lowest BCUT2D eigenvalue weighted by atomic mass is 9.94. The predicted molar refractivity (Wildman–Crippen MR) is 57.2 cm³/mol. The number of nitrogens with one attached hydrogen (secondary N) is 1. The molecule has 2 heterocycles. The van der Waals surface area contributed by atoms with E-state index in [0.717, 1.165) is 17.9 Å². The number of nitrogens with two attached hydrogens (primary N) is 1. The first kappa shape index (κ1) is 9.52. The van der Waals surface area contributed by atoms with Gasteiger partial charge in [-0.25, -0.2) is 4.98 Å². The summed E-state index contributed by atoms with van der Waals surface area (Å²) in [7, 11) is 2.16. The van der Waals surface area contributed by atoms with E-state index in [-0.39, 0.29) is 0 Å². The van der Waals surface area contributed by atoms with E-state index >= 15 is 0 Å². The second kappa shape index (κ2) is 3.61. The zero-order valence-electron chi connectivity index (χ0n) is 8.88. The van der Waals surface area contributed by atoms with E-state index in [1.165, 1.54) is 19.4 Å². The molecular weight excluding hydrogens is 176 g/mol. The molecular formula is C10H18N4. The maximum Gasteiger partial charge on any atom is 0.197 e. The largest absolute Gasteiger partial charge is 0.369 e. The van der Waals surface area contributed by atoms with Gasteiger partial charge in [0.25, 0.3) is 0 Å². The molecule has 1 unspecified atom stereocenters. The molecule has 1 aliphatic rings. The third-order valence-corrected chi connectivity index (χ3v) is 2.95. The van der Waals surface area contributed by atoms with Crippen molar-refractivity contribution in [1.29, 1.82) is 0 Å². The molecule has 0 spiro atoms. The second-order valence-electron chi connectivity index (χ2n) is 4.23. The van der Waals surface area contributed by atoms with Gasteiger partial charge in [0.1, 0.15) is 0 Å². The highest BCUT2D eigenvalue weighted by molar-refractivity contribution is 5.28. The predicted octanol–water partition coefficient (Wildman–Crippen LogP) is 1.11. The first-order valence-corrected chi connectivity index (χ1v) is 5.17. The minimum absolute atomic E-state index is 0.547. The summed E-state index contributed by atoms with van der Waals surface area (Å²) >= 11 is 0. The molecule has 1 aromatic rings. The number of nitrogens with zero attached hydrogens (tertiary/aromatic N) is 2. The van der Waals surface area contributed by atoms with Gasteiger partial charge in [-0.3, -0.25) is 0 Å². The van der Waals surface area contributed by atoms with Gasteiger partial charge in [-0.15, -0.1) is 0 Å². The van der Waals surface area contributed by atoms with Crippen LogP contribution in [0.1, 0.15) is 30.1 Å². The monoisotopic (exact) mass is 194 g/mol. The first-order chi connectivity index (χ1) is 6.66. The van der Waals surface area contributed by atoms with Gasteiger partial charge in [-0.1, -0.05) is 0 Å². The standard InChI is InChI=1S/C10H18N4/c1-7-9(13-10(11)12-7)8-4-3-5-14(2)6-8/h8H,3-6H2,1-2H3,(H3,11,12,13). The van der Waals surface area contributed by atoms with E-state index < -0.39 is 0 Å². The number of rotatable bonds is 1. The van der Waals surface area contributed by atoms with Crippen molar-refractivity contribution in [2.75, 3.05) is 25.9 Å². The van der Waals surface area contributed by atoms with Crippen molar-refractivity contribution in [2.45, 2.75) is 25.7 Å². The molecule has 0 aliphatic carbocycles. The summed E-state index contributed by atoms with van der Waals surface area (Å²) in [5.74, 6) is 1.10. The van der Waals surface area contributed by atoms with Gasteiger partial charge in [0.05, 0.1) is 5.69 Å². The molecule has 0 radical (unpaired) electrons. The van der Waals surface area contributed by atoms with Crippen LogP contribution in [0.25, 0.3) is 0 Å². The quantitative estimate of drug-likeness (QED) is 0.704. The van der Waals surface area contributed by atoms with Crippen LogP contribution in [0, 0.1) is 6.92 Å². The van der Waals surface area contributed by atoms with Crippen molar-refractivity contribution in [2.24, 2.45) is 0 Å². The van der Waals surface area contributed by atoms with E-state index in [4.69, 9.17) is 5.73 Å².